The maximum atomic E-state index is 9.29. The van der Waals surface area contributed by atoms with Crippen molar-refractivity contribution in [1.82, 2.24) is 0 Å². The Morgan fingerprint density at radius 3 is 1.11 bits per heavy atom. The van der Waals surface area contributed by atoms with Crippen LogP contribution in [0.1, 0.15) is 6.92 Å². The summed E-state index contributed by atoms with van der Waals surface area (Å²) < 4.78 is 0. The third-order valence-electron chi connectivity index (χ3n) is 0.635. The number of aliphatic hydroxyl groups is 4. The van der Waals surface area contributed by atoms with Crippen molar-refractivity contribution < 1.29 is 40.2 Å². The summed E-state index contributed by atoms with van der Waals surface area (Å²) in [6, 6.07) is 0. The molecule has 19 heavy (non-hydrogen) atoms. The predicted molar refractivity (Wildman–Crippen MR) is 75.9 cm³/mol. The van der Waals surface area contributed by atoms with E-state index in [1.807, 2.05) is 0 Å². The fourth-order valence-electron chi connectivity index (χ4n) is 0. The number of carbonyl (C=O) groups is 2. The van der Waals surface area contributed by atoms with Gasteiger partial charge in [0, 0.05) is 0 Å². The summed E-state index contributed by atoms with van der Waals surface area (Å²) in [4.78, 5) is 18.6. The van der Waals surface area contributed by atoms with Crippen LogP contribution >= 0.6 is 25.3 Å². The van der Waals surface area contributed by atoms with Crippen LogP contribution in [0.25, 0.3) is 0 Å². The Morgan fingerprint density at radius 1 is 0.947 bits per heavy atom. The van der Waals surface area contributed by atoms with Crippen molar-refractivity contribution in [3.05, 3.63) is 0 Å². The smallest absolute Gasteiger partial charge is 0.313 e. The van der Waals surface area contributed by atoms with Crippen molar-refractivity contribution in [2.75, 3.05) is 31.3 Å². The lowest BCUT2D eigenvalue weighted by Crippen LogP contribution is -2.03. The molecule has 0 saturated heterocycles. The van der Waals surface area contributed by atoms with E-state index in [-0.39, 0.29) is 31.3 Å². The predicted octanol–water partition coefficient (Wildman–Crippen LogP) is -1.67. The first-order chi connectivity index (χ1) is 8.72. The van der Waals surface area contributed by atoms with Gasteiger partial charge in [0.15, 0.2) is 0 Å². The normalized spacial score (nSPS) is 9.42. The van der Waals surface area contributed by atoms with Gasteiger partial charge in [-0.3, -0.25) is 9.59 Å². The Bertz CT molecular complexity index is 173. The maximum absolute atomic E-state index is 9.29. The van der Waals surface area contributed by atoms with E-state index in [1.54, 1.807) is 0 Å². The summed E-state index contributed by atoms with van der Waals surface area (Å²) in [6.45, 7) is 1.14. The van der Waals surface area contributed by atoms with E-state index in [9.17, 15) is 9.59 Å². The van der Waals surface area contributed by atoms with Gasteiger partial charge in [0.25, 0.3) is 0 Å². The minimum Gasteiger partial charge on any atom is -0.481 e. The molecule has 0 radical (unpaired) electrons. The number of aliphatic carboxylic acids is 2. The number of hydrogen-bond donors (Lipinski definition) is 8. The molecule has 0 bridgehead atoms. The van der Waals surface area contributed by atoms with E-state index in [0.717, 1.165) is 0 Å². The molecular formula is C9H22O8S2. The summed E-state index contributed by atoms with van der Waals surface area (Å²) in [6.07, 6.45) is -0.560. The quantitative estimate of drug-likeness (QED) is 0.286. The first-order valence-electron chi connectivity index (χ1n) is 4.89. The van der Waals surface area contributed by atoms with Crippen LogP contribution in [0.3, 0.4) is 0 Å². The number of carboxylic acid groups (broad SMARTS) is 2. The van der Waals surface area contributed by atoms with E-state index < -0.39 is 18.0 Å². The van der Waals surface area contributed by atoms with E-state index in [4.69, 9.17) is 30.6 Å². The molecule has 1 atom stereocenters. The standard InChI is InChI=1S/C3H8O2.2C2H4O2S.C2H6O2/c1-3(5)2-4;2*3-2(4)1-5;3-1-2-4/h3-5H,2H2,1H3;2*5H,1H2,(H,3,4);3-4H,1-2H2. The maximum Gasteiger partial charge on any atom is 0.313 e. The summed E-state index contributed by atoms with van der Waals surface area (Å²) >= 11 is 6.83. The van der Waals surface area contributed by atoms with E-state index in [2.05, 4.69) is 25.3 Å². The lowest BCUT2D eigenvalue weighted by Gasteiger charge is -1.90. The van der Waals surface area contributed by atoms with Crippen molar-refractivity contribution in [3.63, 3.8) is 0 Å². The summed E-state index contributed by atoms with van der Waals surface area (Å²) in [7, 11) is 0. The van der Waals surface area contributed by atoms with Crippen molar-refractivity contribution >= 4 is 37.2 Å². The number of carboxylic acids is 2. The molecular weight excluding hydrogens is 300 g/mol. The highest BCUT2D eigenvalue weighted by Crippen LogP contribution is 1.68. The van der Waals surface area contributed by atoms with Crippen molar-refractivity contribution in [3.8, 4) is 0 Å². The third kappa shape index (κ3) is 99.8. The minimum absolute atomic E-state index is 0.0833. The van der Waals surface area contributed by atoms with Gasteiger partial charge in [0.1, 0.15) is 0 Å². The Morgan fingerprint density at radius 2 is 1.11 bits per heavy atom. The lowest BCUT2D eigenvalue weighted by molar-refractivity contribution is -0.134. The highest BCUT2D eigenvalue weighted by Gasteiger charge is 1.83. The second-order valence-electron chi connectivity index (χ2n) is 2.58. The van der Waals surface area contributed by atoms with Crippen molar-refractivity contribution in [2.45, 2.75) is 13.0 Å². The SMILES string of the molecule is CC(O)CO.O=C(O)CS.O=C(O)CS.OCCO. The van der Waals surface area contributed by atoms with E-state index in [1.165, 1.54) is 6.92 Å². The Hall–Kier alpha value is -0.520. The molecule has 118 valence electrons. The first-order valence-corrected chi connectivity index (χ1v) is 6.15. The van der Waals surface area contributed by atoms with Crippen LogP contribution in [0.4, 0.5) is 0 Å². The Kier molecular flexibility index (Phi) is 37.0. The fraction of sp³-hybridized carbons (Fsp3) is 0.778. The van der Waals surface area contributed by atoms with Crippen LogP contribution in [0.2, 0.25) is 0 Å². The van der Waals surface area contributed by atoms with Gasteiger partial charge < -0.3 is 30.6 Å². The van der Waals surface area contributed by atoms with Gasteiger partial charge in [0.05, 0.1) is 37.4 Å². The van der Waals surface area contributed by atoms with Gasteiger partial charge in [-0.15, -0.1) is 0 Å². The number of thiol groups is 2. The highest BCUT2D eigenvalue weighted by molar-refractivity contribution is 7.81. The molecule has 0 saturated carbocycles. The van der Waals surface area contributed by atoms with E-state index in [0.29, 0.717) is 0 Å². The molecule has 1 unspecified atom stereocenters. The van der Waals surface area contributed by atoms with Gasteiger partial charge in [-0.05, 0) is 6.92 Å². The van der Waals surface area contributed by atoms with Gasteiger partial charge in [-0.2, -0.15) is 25.3 Å². The number of rotatable bonds is 4. The molecule has 0 amide bonds. The van der Waals surface area contributed by atoms with Crippen molar-refractivity contribution in [1.29, 1.82) is 0 Å². The summed E-state index contributed by atoms with van der Waals surface area (Å²) in [5.74, 6) is -1.93. The van der Waals surface area contributed by atoms with Crippen LogP contribution in [0.15, 0.2) is 0 Å². The molecule has 0 spiro atoms. The molecule has 8 nitrogen and oxygen atoms in total. The largest absolute Gasteiger partial charge is 0.481 e. The summed E-state index contributed by atoms with van der Waals surface area (Å²) in [5, 5.41) is 46.5. The molecule has 0 aliphatic heterocycles. The molecule has 0 aliphatic rings. The molecule has 0 rings (SSSR count). The van der Waals surface area contributed by atoms with Gasteiger partial charge in [0.2, 0.25) is 0 Å². The van der Waals surface area contributed by atoms with Gasteiger partial charge in [-0.25, -0.2) is 0 Å². The monoisotopic (exact) mass is 322 g/mol. The fourth-order valence-corrected chi connectivity index (χ4v) is 0. The van der Waals surface area contributed by atoms with Crippen LogP contribution < -0.4 is 0 Å². The molecule has 10 heteroatoms. The second-order valence-corrected chi connectivity index (χ2v) is 3.21. The Labute approximate surface area is 122 Å². The van der Waals surface area contributed by atoms with E-state index >= 15 is 0 Å². The minimum atomic E-state index is -0.881. The average molecular weight is 322 g/mol. The molecule has 0 aromatic rings. The molecule has 6 N–H and O–H groups in total. The average Bonchev–Trinajstić information content (AvgIpc) is 2.40. The Balaban J connectivity index is -0.0000000793. The lowest BCUT2D eigenvalue weighted by atomic mass is 10.5. The molecule has 0 heterocycles. The molecule has 0 fully saturated rings. The van der Waals surface area contributed by atoms with Crippen molar-refractivity contribution in [2.24, 2.45) is 0 Å². The zero-order chi connectivity index (χ0) is 16.3. The van der Waals surface area contributed by atoms with Gasteiger partial charge in [-0.1, -0.05) is 0 Å². The number of hydrogen-bond acceptors (Lipinski definition) is 8. The molecule has 0 aliphatic carbocycles. The second kappa shape index (κ2) is 26.1. The molecule has 0 aromatic carbocycles. The first kappa shape index (κ1) is 26.9. The zero-order valence-electron chi connectivity index (χ0n) is 10.5. The van der Waals surface area contributed by atoms with Crippen LogP contribution in [0.5, 0.6) is 0 Å². The topological polar surface area (TPSA) is 156 Å². The third-order valence-corrected chi connectivity index (χ3v) is 1.18. The van der Waals surface area contributed by atoms with Crippen LogP contribution in [-0.2, 0) is 9.59 Å². The van der Waals surface area contributed by atoms with Gasteiger partial charge >= 0.3 is 11.9 Å². The van der Waals surface area contributed by atoms with Crippen LogP contribution in [-0.4, -0.2) is 80.0 Å². The number of aliphatic hydroxyl groups excluding tert-OH is 4. The summed E-state index contributed by atoms with van der Waals surface area (Å²) in [5.41, 5.74) is 0. The zero-order valence-corrected chi connectivity index (χ0v) is 12.3. The van der Waals surface area contributed by atoms with Crippen LogP contribution in [0, 0.1) is 0 Å². The molecule has 0 aromatic heterocycles. The highest BCUT2D eigenvalue weighted by atomic mass is 32.1.